The Bertz CT molecular complexity index is 998. The number of hydrogen-bond donors (Lipinski definition) is 1. The Kier molecular flexibility index (Phi) is 6.08. The minimum Gasteiger partial charge on any atom is -0.489 e. The number of amides is 1. The van der Waals surface area contributed by atoms with Crippen molar-refractivity contribution in [3.8, 4) is 11.8 Å². The fourth-order valence-corrected chi connectivity index (χ4v) is 3.03. The standard InChI is InChI=1S/C21H17N3O2S/c1-27-21-19(9-4-10-23-21)20(25)24-17-7-3-8-18(12-17)26-14-16-6-2-5-15(11-16)13-22/h2-12H,14H2,1H3,(H,24,25). The number of nitrogens with one attached hydrogen (secondary N) is 1. The molecule has 1 N–H and O–H groups in total. The second-order valence-corrected chi connectivity index (χ2v) is 6.44. The van der Waals surface area contributed by atoms with Gasteiger partial charge in [-0.05, 0) is 48.2 Å². The molecule has 0 spiro atoms. The van der Waals surface area contributed by atoms with Crippen LogP contribution in [-0.2, 0) is 6.61 Å². The molecule has 0 saturated heterocycles. The number of anilines is 1. The van der Waals surface area contributed by atoms with Crippen LogP contribution < -0.4 is 10.1 Å². The number of nitriles is 1. The number of carbonyl (C=O) groups is 1. The Morgan fingerprint density at radius 3 is 2.85 bits per heavy atom. The van der Waals surface area contributed by atoms with Crippen molar-refractivity contribution in [2.45, 2.75) is 11.6 Å². The Morgan fingerprint density at radius 2 is 2.04 bits per heavy atom. The molecule has 0 atom stereocenters. The van der Waals surface area contributed by atoms with Gasteiger partial charge in [0.25, 0.3) is 5.91 Å². The number of ether oxygens (including phenoxy) is 1. The summed E-state index contributed by atoms with van der Waals surface area (Å²) in [6.07, 6.45) is 3.55. The summed E-state index contributed by atoms with van der Waals surface area (Å²) in [7, 11) is 0. The van der Waals surface area contributed by atoms with E-state index in [-0.39, 0.29) is 5.91 Å². The minimum atomic E-state index is -0.216. The maximum atomic E-state index is 12.5. The van der Waals surface area contributed by atoms with Crippen LogP contribution in [0.1, 0.15) is 21.5 Å². The molecule has 6 heteroatoms. The zero-order chi connectivity index (χ0) is 19.1. The summed E-state index contributed by atoms with van der Waals surface area (Å²) < 4.78 is 5.79. The van der Waals surface area contributed by atoms with Crippen LogP contribution in [0.3, 0.4) is 0 Å². The number of carbonyl (C=O) groups excluding carboxylic acids is 1. The van der Waals surface area contributed by atoms with E-state index in [2.05, 4.69) is 16.4 Å². The van der Waals surface area contributed by atoms with Crippen LogP contribution in [0, 0.1) is 11.3 Å². The number of pyridine rings is 1. The van der Waals surface area contributed by atoms with Gasteiger partial charge in [-0.25, -0.2) is 4.98 Å². The van der Waals surface area contributed by atoms with Crippen LogP contribution in [0.25, 0.3) is 0 Å². The maximum absolute atomic E-state index is 12.5. The number of rotatable bonds is 6. The van der Waals surface area contributed by atoms with Crippen molar-refractivity contribution in [1.29, 1.82) is 5.26 Å². The minimum absolute atomic E-state index is 0.216. The highest BCUT2D eigenvalue weighted by Gasteiger charge is 2.12. The monoisotopic (exact) mass is 375 g/mol. The molecule has 3 rings (SSSR count). The van der Waals surface area contributed by atoms with Gasteiger partial charge in [0.2, 0.25) is 0 Å². The molecule has 0 unspecified atom stereocenters. The van der Waals surface area contributed by atoms with E-state index in [0.717, 1.165) is 5.56 Å². The Hall–Kier alpha value is -3.30. The number of thioether (sulfide) groups is 1. The van der Waals surface area contributed by atoms with Crippen LogP contribution >= 0.6 is 11.8 Å². The molecule has 0 saturated carbocycles. The summed E-state index contributed by atoms with van der Waals surface area (Å²) in [6.45, 7) is 0.339. The van der Waals surface area contributed by atoms with Gasteiger partial charge in [-0.1, -0.05) is 18.2 Å². The Balaban J connectivity index is 1.68. The molecule has 0 aliphatic rings. The van der Waals surface area contributed by atoms with Crippen molar-refractivity contribution in [1.82, 2.24) is 4.98 Å². The summed E-state index contributed by atoms with van der Waals surface area (Å²) in [4.78, 5) is 16.7. The van der Waals surface area contributed by atoms with Crippen molar-refractivity contribution in [3.63, 3.8) is 0 Å². The molecule has 134 valence electrons. The predicted octanol–water partition coefficient (Wildman–Crippen LogP) is 4.51. The van der Waals surface area contributed by atoms with Crippen molar-refractivity contribution in [2.24, 2.45) is 0 Å². The first kappa shape index (κ1) is 18.5. The van der Waals surface area contributed by atoms with Crippen LogP contribution in [-0.4, -0.2) is 17.1 Å². The van der Waals surface area contributed by atoms with Gasteiger partial charge in [-0.15, -0.1) is 11.8 Å². The number of benzene rings is 2. The summed E-state index contributed by atoms with van der Waals surface area (Å²) in [6, 6.07) is 20.1. The molecule has 0 aliphatic carbocycles. The van der Waals surface area contributed by atoms with E-state index < -0.39 is 0 Å². The molecular formula is C21H17N3O2S. The molecule has 1 amide bonds. The second kappa shape index (κ2) is 8.88. The van der Waals surface area contributed by atoms with E-state index >= 15 is 0 Å². The summed E-state index contributed by atoms with van der Waals surface area (Å²) >= 11 is 1.43. The first-order chi connectivity index (χ1) is 13.2. The zero-order valence-electron chi connectivity index (χ0n) is 14.7. The largest absolute Gasteiger partial charge is 0.489 e. The van der Waals surface area contributed by atoms with E-state index in [1.165, 1.54) is 11.8 Å². The van der Waals surface area contributed by atoms with Crippen molar-refractivity contribution >= 4 is 23.4 Å². The van der Waals surface area contributed by atoms with Gasteiger partial charge in [0.1, 0.15) is 17.4 Å². The van der Waals surface area contributed by atoms with Crippen molar-refractivity contribution in [2.75, 3.05) is 11.6 Å². The molecule has 2 aromatic carbocycles. The highest BCUT2D eigenvalue weighted by Crippen LogP contribution is 2.22. The average molecular weight is 375 g/mol. The molecule has 1 aromatic heterocycles. The quantitative estimate of drug-likeness (QED) is 0.642. The van der Waals surface area contributed by atoms with E-state index in [4.69, 9.17) is 10.00 Å². The summed E-state index contributed by atoms with van der Waals surface area (Å²) in [5.41, 5.74) is 2.67. The lowest BCUT2D eigenvalue weighted by molar-refractivity contribution is 0.102. The van der Waals surface area contributed by atoms with E-state index in [0.29, 0.717) is 34.2 Å². The van der Waals surface area contributed by atoms with Gasteiger partial charge in [0.05, 0.1) is 17.2 Å². The van der Waals surface area contributed by atoms with Gasteiger partial charge >= 0.3 is 0 Å². The van der Waals surface area contributed by atoms with Crippen LogP contribution in [0.2, 0.25) is 0 Å². The van der Waals surface area contributed by atoms with Gasteiger partial charge in [0, 0.05) is 18.0 Å². The van der Waals surface area contributed by atoms with E-state index in [9.17, 15) is 4.79 Å². The molecule has 5 nitrogen and oxygen atoms in total. The highest BCUT2D eigenvalue weighted by atomic mass is 32.2. The smallest absolute Gasteiger partial charge is 0.258 e. The molecule has 27 heavy (non-hydrogen) atoms. The van der Waals surface area contributed by atoms with Crippen LogP contribution in [0.4, 0.5) is 5.69 Å². The fourth-order valence-electron chi connectivity index (χ4n) is 2.49. The second-order valence-electron chi connectivity index (χ2n) is 5.64. The fraction of sp³-hybridized carbons (Fsp3) is 0.0952. The Labute approximate surface area is 162 Å². The topological polar surface area (TPSA) is 75.0 Å². The van der Waals surface area contributed by atoms with E-state index in [1.807, 2.05) is 30.5 Å². The molecule has 1 heterocycles. The number of aromatic nitrogens is 1. The predicted molar refractivity (Wildman–Crippen MR) is 106 cm³/mol. The molecule has 0 fully saturated rings. The summed E-state index contributed by atoms with van der Waals surface area (Å²) in [5, 5.41) is 12.5. The lowest BCUT2D eigenvalue weighted by Crippen LogP contribution is -2.13. The third-order valence-electron chi connectivity index (χ3n) is 3.76. The lowest BCUT2D eigenvalue weighted by Gasteiger charge is -2.10. The van der Waals surface area contributed by atoms with Crippen molar-refractivity contribution in [3.05, 3.63) is 83.6 Å². The highest BCUT2D eigenvalue weighted by molar-refractivity contribution is 7.98. The molecule has 0 bridgehead atoms. The first-order valence-corrected chi connectivity index (χ1v) is 9.44. The molecule has 0 aliphatic heterocycles. The van der Waals surface area contributed by atoms with Gasteiger partial charge < -0.3 is 10.1 Å². The zero-order valence-corrected chi connectivity index (χ0v) is 15.5. The van der Waals surface area contributed by atoms with Gasteiger partial charge in [-0.3, -0.25) is 4.79 Å². The summed E-state index contributed by atoms with van der Waals surface area (Å²) in [5.74, 6) is 0.415. The molecule has 3 aromatic rings. The SMILES string of the molecule is CSc1ncccc1C(=O)Nc1cccc(OCc2cccc(C#N)c2)c1. The first-order valence-electron chi connectivity index (χ1n) is 8.22. The number of nitrogens with zero attached hydrogens (tertiary/aromatic N) is 2. The lowest BCUT2D eigenvalue weighted by atomic mass is 10.1. The third kappa shape index (κ3) is 4.87. The third-order valence-corrected chi connectivity index (χ3v) is 4.47. The van der Waals surface area contributed by atoms with Gasteiger partial charge in [-0.2, -0.15) is 5.26 Å². The van der Waals surface area contributed by atoms with E-state index in [1.54, 1.807) is 42.6 Å². The molecular weight excluding hydrogens is 358 g/mol. The van der Waals surface area contributed by atoms with Crippen LogP contribution in [0.15, 0.2) is 71.9 Å². The van der Waals surface area contributed by atoms with Gasteiger partial charge in [0.15, 0.2) is 0 Å². The molecule has 0 radical (unpaired) electrons. The number of hydrogen-bond acceptors (Lipinski definition) is 5. The van der Waals surface area contributed by atoms with Crippen LogP contribution in [0.5, 0.6) is 5.75 Å². The van der Waals surface area contributed by atoms with Crippen molar-refractivity contribution < 1.29 is 9.53 Å². The average Bonchev–Trinajstić information content (AvgIpc) is 2.72. The normalized spacial score (nSPS) is 10.1. The Morgan fingerprint density at radius 1 is 1.19 bits per heavy atom. The maximum Gasteiger partial charge on any atom is 0.258 e.